The zero-order valence-corrected chi connectivity index (χ0v) is 8.12. The minimum absolute atomic E-state index is 0.179. The van der Waals surface area contributed by atoms with Crippen LogP contribution in [0, 0.1) is 0 Å². The molecule has 2 rings (SSSR count). The van der Waals surface area contributed by atoms with Gasteiger partial charge in [0.05, 0.1) is 6.42 Å². The summed E-state index contributed by atoms with van der Waals surface area (Å²) < 4.78 is 4.45. The Morgan fingerprint density at radius 1 is 1.21 bits per heavy atom. The van der Waals surface area contributed by atoms with Gasteiger partial charge in [0.2, 0.25) is 0 Å². The van der Waals surface area contributed by atoms with E-state index in [2.05, 4.69) is 4.74 Å². The summed E-state index contributed by atoms with van der Waals surface area (Å²) in [5.41, 5.74) is 0. The van der Waals surface area contributed by atoms with Gasteiger partial charge < -0.3 is 4.74 Å². The molecule has 1 heterocycles. The van der Waals surface area contributed by atoms with E-state index in [4.69, 9.17) is 0 Å². The summed E-state index contributed by atoms with van der Waals surface area (Å²) in [6.07, 6.45) is 0.179. The second-order valence-electron chi connectivity index (χ2n) is 2.92. The third-order valence-electron chi connectivity index (χ3n) is 1.85. The van der Waals surface area contributed by atoms with Gasteiger partial charge in [0.25, 0.3) is 0 Å². The molecular weight excluding hydrogens is 200 g/mol. The first-order chi connectivity index (χ1) is 6.75. The average molecular weight is 208 g/mol. The molecule has 0 aromatic heterocycles. The summed E-state index contributed by atoms with van der Waals surface area (Å²) >= 11 is 1.37. The summed E-state index contributed by atoms with van der Waals surface area (Å²) in [5.74, 6) is -0.854. The lowest BCUT2D eigenvalue weighted by molar-refractivity contribution is -0.151. The van der Waals surface area contributed by atoms with Gasteiger partial charge in [0.1, 0.15) is 5.25 Å². The van der Waals surface area contributed by atoms with Crippen LogP contribution in [0.2, 0.25) is 0 Å². The Balaban J connectivity index is 2.05. The van der Waals surface area contributed by atoms with Crippen molar-refractivity contribution in [2.24, 2.45) is 0 Å². The van der Waals surface area contributed by atoms with Crippen LogP contribution in [0.5, 0.6) is 0 Å². The van der Waals surface area contributed by atoms with Crippen LogP contribution in [0.15, 0.2) is 35.2 Å². The lowest BCUT2D eigenvalue weighted by Gasteiger charge is -2.02. The van der Waals surface area contributed by atoms with Crippen LogP contribution >= 0.6 is 11.8 Å². The largest absolute Gasteiger partial charge is 0.392 e. The summed E-state index contributed by atoms with van der Waals surface area (Å²) in [6, 6.07) is 9.50. The average Bonchev–Trinajstić information content (AvgIpc) is 2.47. The standard InChI is InChI=1S/C10H8O3S/c11-9-6-8(10(12)13-9)14-7-4-2-1-3-5-7/h1-5,8H,6H2. The summed E-state index contributed by atoms with van der Waals surface area (Å²) in [4.78, 5) is 22.9. The molecule has 3 nitrogen and oxygen atoms in total. The fourth-order valence-corrected chi connectivity index (χ4v) is 2.21. The minimum Gasteiger partial charge on any atom is -0.392 e. The van der Waals surface area contributed by atoms with Crippen molar-refractivity contribution in [3.8, 4) is 0 Å². The number of esters is 2. The number of benzene rings is 1. The number of carbonyl (C=O) groups excluding carboxylic acids is 2. The predicted molar refractivity (Wildman–Crippen MR) is 51.8 cm³/mol. The Hall–Kier alpha value is -1.29. The van der Waals surface area contributed by atoms with Crippen LogP contribution in [-0.2, 0) is 14.3 Å². The van der Waals surface area contributed by atoms with Crippen molar-refractivity contribution in [1.29, 1.82) is 0 Å². The highest BCUT2D eigenvalue weighted by molar-refractivity contribution is 8.00. The van der Waals surface area contributed by atoms with Crippen LogP contribution < -0.4 is 0 Å². The second-order valence-corrected chi connectivity index (χ2v) is 4.19. The molecule has 1 atom stereocenters. The number of cyclic esters (lactones) is 2. The Morgan fingerprint density at radius 2 is 1.93 bits per heavy atom. The molecule has 1 aromatic carbocycles. The van der Waals surface area contributed by atoms with Crippen LogP contribution in [-0.4, -0.2) is 17.2 Å². The Kier molecular flexibility index (Phi) is 2.54. The summed E-state index contributed by atoms with van der Waals surface area (Å²) in [6.45, 7) is 0. The highest BCUT2D eigenvalue weighted by atomic mass is 32.2. The maximum atomic E-state index is 11.1. The van der Waals surface area contributed by atoms with Gasteiger partial charge in [-0.3, -0.25) is 9.59 Å². The van der Waals surface area contributed by atoms with Crippen molar-refractivity contribution in [1.82, 2.24) is 0 Å². The highest BCUT2D eigenvalue weighted by Gasteiger charge is 2.33. The molecule has 1 aliphatic rings. The van der Waals surface area contributed by atoms with Gasteiger partial charge in [-0.15, -0.1) is 11.8 Å². The van der Waals surface area contributed by atoms with Gasteiger partial charge in [-0.05, 0) is 12.1 Å². The van der Waals surface area contributed by atoms with Gasteiger partial charge in [-0.25, -0.2) is 0 Å². The van der Waals surface area contributed by atoms with Crippen molar-refractivity contribution in [2.75, 3.05) is 0 Å². The zero-order chi connectivity index (χ0) is 9.97. The van der Waals surface area contributed by atoms with E-state index >= 15 is 0 Å². The van der Waals surface area contributed by atoms with Gasteiger partial charge in [0.15, 0.2) is 0 Å². The highest BCUT2D eigenvalue weighted by Crippen LogP contribution is 2.29. The molecule has 1 aliphatic heterocycles. The quantitative estimate of drug-likeness (QED) is 0.547. The fourth-order valence-electron chi connectivity index (χ4n) is 1.21. The van der Waals surface area contributed by atoms with E-state index in [1.54, 1.807) is 0 Å². The van der Waals surface area contributed by atoms with Gasteiger partial charge in [-0.2, -0.15) is 0 Å². The number of hydrogen-bond donors (Lipinski definition) is 0. The Labute approximate surface area is 85.4 Å². The van der Waals surface area contributed by atoms with Crippen LogP contribution in [0.25, 0.3) is 0 Å². The van der Waals surface area contributed by atoms with E-state index in [0.29, 0.717) is 0 Å². The minimum atomic E-state index is -0.427. The fraction of sp³-hybridized carbons (Fsp3) is 0.200. The van der Waals surface area contributed by atoms with Crippen molar-refractivity contribution < 1.29 is 14.3 Å². The topological polar surface area (TPSA) is 43.4 Å². The van der Waals surface area contributed by atoms with Crippen LogP contribution in [0.4, 0.5) is 0 Å². The second kappa shape index (κ2) is 3.84. The molecule has 1 aromatic rings. The molecule has 1 saturated heterocycles. The summed E-state index contributed by atoms with van der Waals surface area (Å²) in [5, 5.41) is -0.370. The number of ether oxygens (including phenoxy) is 1. The molecule has 0 bridgehead atoms. The molecule has 0 spiro atoms. The lowest BCUT2D eigenvalue weighted by atomic mass is 10.3. The first-order valence-electron chi connectivity index (χ1n) is 4.22. The number of carbonyl (C=O) groups is 2. The van der Waals surface area contributed by atoms with Crippen molar-refractivity contribution in [2.45, 2.75) is 16.6 Å². The third-order valence-corrected chi connectivity index (χ3v) is 3.04. The van der Waals surface area contributed by atoms with Crippen molar-refractivity contribution in [3.63, 3.8) is 0 Å². The third kappa shape index (κ3) is 1.96. The molecule has 14 heavy (non-hydrogen) atoms. The van der Waals surface area contributed by atoms with Crippen molar-refractivity contribution in [3.05, 3.63) is 30.3 Å². The number of rotatable bonds is 2. The van der Waals surface area contributed by atoms with E-state index in [1.807, 2.05) is 30.3 Å². The van der Waals surface area contributed by atoms with Gasteiger partial charge in [0, 0.05) is 4.90 Å². The van der Waals surface area contributed by atoms with E-state index in [0.717, 1.165) is 4.90 Å². The molecule has 72 valence electrons. The maximum Gasteiger partial charge on any atom is 0.327 e. The van der Waals surface area contributed by atoms with Crippen LogP contribution in [0.3, 0.4) is 0 Å². The molecule has 0 radical (unpaired) electrons. The zero-order valence-electron chi connectivity index (χ0n) is 7.30. The lowest BCUT2D eigenvalue weighted by Crippen LogP contribution is -2.08. The smallest absolute Gasteiger partial charge is 0.327 e. The predicted octanol–water partition coefficient (Wildman–Crippen LogP) is 1.62. The molecule has 0 aliphatic carbocycles. The normalized spacial score (nSPS) is 21.0. The molecule has 0 amide bonds. The van der Waals surface area contributed by atoms with E-state index in [-0.39, 0.29) is 11.7 Å². The van der Waals surface area contributed by atoms with Gasteiger partial charge in [-0.1, -0.05) is 18.2 Å². The monoisotopic (exact) mass is 208 g/mol. The van der Waals surface area contributed by atoms with E-state index in [9.17, 15) is 9.59 Å². The Morgan fingerprint density at radius 3 is 2.50 bits per heavy atom. The molecule has 4 heteroatoms. The number of thioether (sulfide) groups is 1. The molecule has 0 saturated carbocycles. The van der Waals surface area contributed by atoms with Gasteiger partial charge >= 0.3 is 11.9 Å². The molecular formula is C10H8O3S. The molecule has 1 fully saturated rings. The molecule has 1 unspecified atom stereocenters. The summed E-state index contributed by atoms with van der Waals surface area (Å²) in [7, 11) is 0. The van der Waals surface area contributed by atoms with E-state index < -0.39 is 11.9 Å². The molecule has 0 N–H and O–H groups in total. The first-order valence-corrected chi connectivity index (χ1v) is 5.10. The number of hydrogen-bond acceptors (Lipinski definition) is 4. The first kappa shape index (κ1) is 9.27. The van der Waals surface area contributed by atoms with Crippen molar-refractivity contribution >= 4 is 23.7 Å². The van der Waals surface area contributed by atoms with E-state index in [1.165, 1.54) is 11.8 Å². The van der Waals surface area contributed by atoms with Crippen LogP contribution in [0.1, 0.15) is 6.42 Å². The Bertz CT molecular complexity index is 361. The SMILES string of the molecule is O=C1CC(Sc2ccccc2)C(=O)O1. The maximum absolute atomic E-state index is 11.1.